The lowest BCUT2D eigenvalue weighted by Crippen LogP contribution is -2.02. The number of carbonyl (C=O) groups is 1. The second-order valence-electron chi connectivity index (χ2n) is 4.41. The molecule has 0 aliphatic rings. The predicted octanol–water partition coefficient (Wildman–Crippen LogP) is 4.24. The Bertz CT molecular complexity index is 738. The third kappa shape index (κ3) is 3.67. The first kappa shape index (κ1) is 15.2. The number of carbonyl (C=O) groups excluding carboxylic acids is 1. The molecule has 0 atom stereocenters. The minimum atomic E-state index is -0.561. The fourth-order valence-corrected chi connectivity index (χ4v) is 2.17. The lowest BCUT2D eigenvalue weighted by Gasteiger charge is -2.10. The first-order valence-electron chi connectivity index (χ1n) is 6.13. The summed E-state index contributed by atoms with van der Waals surface area (Å²) in [6, 6.07) is 11.1. The van der Waals surface area contributed by atoms with Gasteiger partial charge in [-0.3, -0.25) is 4.79 Å². The second kappa shape index (κ2) is 6.51. The summed E-state index contributed by atoms with van der Waals surface area (Å²) in [5, 5.41) is 8.79. The highest BCUT2D eigenvalue weighted by Gasteiger charge is 2.10. The molecule has 0 unspecified atom stereocenters. The van der Waals surface area contributed by atoms with Gasteiger partial charge in [0.05, 0.1) is 11.1 Å². The molecule has 0 radical (unpaired) electrons. The summed E-state index contributed by atoms with van der Waals surface area (Å²) in [6.45, 7) is 1.61. The van der Waals surface area contributed by atoms with Crippen molar-refractivity contribution in [3.8, 4) is 11.8 Å². The summed E-state index contributed by atoms with van der Waals surface area (Å²) in [5.41, 5.74) is 1.09. The Hall–Kier alpha value is -2.19. The van der Waals surface area contributed by atoms with Crippen molar-refractivity contribution in [3.05, 3.63) is 63.4 Å². The smallest absolute Gasteiger partial charge is 0.163 e. The molecule has 21 heavy (non-hydrogen) atoms. The average Bonchev–Trinajstić information content (AvgIpc) is 2.47. The van der Waals surface area contributed by atoms with Crippen LogP contribution in [0.2, 0.25) is 0 Å². The normalized spacial score (nSPS) is 10.0. The number of rotatable bonds is 4. The molecule has 2 aromatic rings. The van der Waals surface area contributed by atoms with Crippen LogP contribution in [0.5, 0.6) is 5.75 Å². The Morgan fingerprint density at radius 3 is 2.76 bits per heavy atom. The van der Waals surface area contributed by atoms with Gasteiger partial charge in [-0.2, -0.15) is 5.26 Å². The number of halogens is 2. The maximum atomic E-state index is 13.2. The summed E-state index contributed by atoms with van der Waals surface area (Å²) >= 11 is 3.30. The van der Waals surface area contributed by atoms with Crippen LogP contribution in [0.25, 0.3) is 0 Å². The largest absolute Gasteiger partial charge is 0.488 e. The summed E-state index contributed by atoms with van der Waals surface area (Å²) in [7, 11) is 0. The van der Waals surface area contributed by atoms with E-state index in [1.807, 2.05) is 0 Å². The number of hydrogen-bond acceptors (Lipinski definition) is 3. The van der Waals surface area contributed by atoms with Gasteiger partial charge in [-0.05, 0) is 42.8 Å². The van der Waals surface area contributed by atoms with Gasteiger partial charge in [0.1, 0.15) is 24.2 Å². The zero-order valence-corrected chi connectivity index (χ0v) is 12.8. The zero-order valence-electron chi connectivity index (χ0n) is 11.2. The molecule has 0 saturated carbocycles. The van der Waals surface area contributed by atoms with E-state index in [0.29, 0.717) is 16.9 Å². The highest BCUT2D eigenvalue weighted by Crippen LogP contribution is 2.24. The molecule has 0 aliphatic carbocycles. The van der Waals surface area contributed by atoms with Gasteiger partial charge in [0.15, 0.2) is 5.78 Å². The van der Waals surface area contributed by atoms with E-state index >= 15 is 0 Å². The molecule has 0 N–H and O–H groups in total. The number of nitriles is 1. The van der Waals surface area contributed by atoms with Gasteiger partial charge >= 0.3 is 0 Å². The van der Waals surface area contributed by atoms with Crippen LogP contribution >= 0.6 is 15.9 Å². The Morgan fingerprint density at radius 2 is 2.10 bits per heavy atom. The number of nitrogens with zero attached hydrogens (tertiary/aromatic N) is 1. The van der Waals surface area contributed by atoms with Crippen molar-refractivity contribution in [2.75, 3.05) is 0 Å². The van der Waals surface area contributed by atoms with Gasteiger partial charge in [-0.15, -0.1) is 0 Å². The molecule has 3 nitrogen and oxygen atoms in total. The Labute approximate surface area is 130 Å². The van der Waals surface area contributed by atoms with Crippen LogP contribution in [0.3, 0.4) is 0 Å². The van der Waals surface area contributed by atoms with Gasteiger partial charge in [0, 0.05) is 4.47 Å². The van der Waals surface area contributed by atoms with E-state index in [1.165, 1.54) is 19.1 Å². The fraction of sp³-hybridized carbons (Fsp3) is 0.125. The standard InChI is InChI=1S/C16H11BrFNO2/c1-10(20)14-7-13(17)3-5-16(14)21-9-11-2-4-15(18)12(6-11)8-19/h2-7H,9H2,1H3. The van der Waals surface area contributed by atoms with E-state index in [4.69, 9.17) is 10.00 Å². The van der Waals surface area contributed by atoms with Crippen LogP contribution in [0, 0.1) is 17.1 Å². The lowest BCUT2D eigenvalue weighted by atomic mass is 10.1. The maximum absolute atomic E-state index is 13.2. The fourth-order valence-electron chi connectivity index (χ4n) is 1.81. The topological polar surface area (TPSA) is 50.1 Å². The molecule has 0 fully saturated rings. The molecule has 0 heterocycles. The van der Waals surface area contributed by atoms with Gasteiger partial charge in [0.25, 0.3) is 0 Å². The number of benzene rings is 2. The molecule has 2 rings (SSSR count). The van der Waals surface area contributed by atoms with Crippen molar-refractivity contribution in [1.29, 1.82) is 5.26 Å². The van der Waals surface area contributed by atoms with E-state index in [9.17, 15) is 9.18 Å². The molecule has 0 spiro atoms. The molecular formula is C16H11BrFNO2. The Balaban J connectivity index is 2.21. The van der Waals surface area contributed by atoms with Crippen LogP contribution in [0.1, 0.15) is 28.4 Å². The van der Waals surface area contributed by atoms with Crippen molar-refractivity contribution in [1.82, 2.24) is 0 Å². The monoisotopic (exact) mass is 347 g/mol. The third-order valence-corrected chi connectivity index (χ3v) is 3.36. The highest BCUT2D eigenvalue weighted by atomic mass is 79.9. The molecule has 0 amide bonds. The van der Waals surface area contributed by atoms with Crippen LogP contribution in [0.4, 0.5) is 4.39 Å². The minimum Gasteiger partial charge on any atom is -0.488 e. The van der Waals surface area contributed by atoms with Crippen molar-refractivity contribution in [2.45, 2.75) is 13.5 Å². The molecular weight excluding hydrogens is 337 g/mol. The molecule has 0 saturated heterocycles. The van der Waals surface area contributed by atoms with E-state index < -0.39 is 5.82 Å². The van der Waals surface area contributed by atoms with Crippen molar-refractivity contribution in [2.24, 2.45) is 0 Å². The van der Waals surface area contributed by atoms with Crippen LogP contribution in [-0.4, -0.2) is 5.78 Å². The molecule has 5 heteroatoms. The van der Waals surface area contributed by atoms with Gasteiger partial charge < -0.3 is 4.74 Å². The molecule has 0 aromatic heterocycles. The first-order valence-corrected chi connectivity index (χ1v) is 6.92. The van der Waals surface area contributed by atoms with Gasteiger partial charge in [-0.25, -0.2) is 4.39 Å². The van der Waals surface area contributed by atoms with E-state index in [1.54, 1.807) is 30.3 Å². The average molecular weight is 348 g/mol. The summed E-state index contributed by atoms with van der Waals surface area (Å²) in [6.07, 6.45) is 0. The maximum Gasteiger partial charge on any atom is 0.163 e. The predicted molar refractivity (Wildman–Crippen MR) is 79.6 cm³/mol. The van der Waals surface area contributed by atoms with Crippen LogP contribution in [0.15, 0.2) is 40.9 Å². The Kier molecular flexibility index (Phi) is 4.71. The quantitative estimate of drug-likeness (QED) is 0.777. The Morgan fingerprint density at radius 1 is 1.33 bits per heavy atom. The van der Waals surface area contributed by atoms with E-state index in [2.05, 4.69) is 15.9 Å². The number of Topliss-reactive ketones (excluding diaryl/α,β-unsaturated/α-hetero) is 1. The van der Waals surface area contributed by atoms with Gasteiger partial charge in [0.2, 0.25) is 0 Å². The van der Waals surface area contributed by atoms with Crippen LogP contribution < -0.4 is 4.74 Å². The van der Waals surface area contributed by atoms with Crippen molar-refractivity contribution >= 4 is 21.7 Å². The summed E-state index contributed by atoms with van der Waals surface area (Å²) in [4.78, 5) is 11.6. The third-order valence-electron chi connectivity index (χ3n) is 2.87. The first-order chi connectivity index (χ1) is 10.0. The van der Waals surface area contributed by atoms with E-state index in [-0.39, 0.29) is 18.0 Å². The van der Waals surface area contributed by atoms with Crippen molar-refractivity contribution in [3.63, 3.8) is 0 Å². The summed E-state index contributed by atoms with van der Waals surface area (Å²) in [5.74, 6) is -0.217. The molecule has 0 aliphatic heterocycles. The molecule has 2 aromatic carbocycles. The number of ketones is 1. The van der Waals surface area contributed by atoms with E-state index in [0.717, 1.165) is 4.47 Å². The molecule has 106 valence electrons. The summed E-state index contributed by atoms with van der Waals surface area (Å²) < 4.78 is 19.6. The van der Waals surface area contributed by atoms with Crippen LogP contribution in [-0.2, 0) is 6.61 Å². The SMILES string of the molecule is CC(=O)c1cc(Br)ccc1OCc1ccc(F)c(C#N)c1. The minimum absolute atomic E-state index is 0.0290. The van der Waals surface area contributed by atoms with Gasteiger partial charge in [-0.1, -0.05) is 22.0 Å². The number of ether oxygens (including phenoxy) is 1. The zero-order chi connectivity index (χ0) is 15.4. The van der Waals surface area contributed by atoms with Crippen molar-refractivity contribution < 1.29 is 13.9 Å². The molecule has 0 bridgehead atoms. The second-order valence-corrected chi connectivity index (χ2v) is 5.33. The lowest BCUT2D eigenvalue weighted by molar-refractivity contribution is 0.101. The highest BCUT2D eigenvalue weighted by molar-refractivity contribution is 9.10. The number of hydrogen-bond donors (Lipinski definition) is 0.